The van der Waals surface area contributed by atoms with Crippen LogP contribution in [0.15, 0.2) is 11.3 Å². The van der Waals surface area contributed by atoms with E-state index in [0.717, 1.165) is 43.4 Å². The summed E-state index contributed by atoms with van der Waals surface area (Å²) < 4.78 is 0. The average molecular weight is 612 g/mol. The van der Waals surface area contributed by atoms with Gasteiger partial charge in [0, 0.05) is 12.2 Å². The molecule has 43 heavy (non-hydrogen) atoms. The van der Waals surface area contributed by atoms with Crippen LogP contribution < -0.4 is 10.6 Å². The molecule has 6 aliphatic rings. The van der Waals surface area contributed by atoms with Crippen molar-refractivity contribution in [3.63, 3.8) is 0 Å². The number of carbonyl (C=O) groups is 2. The molecule has 0 bridgehead atoms. The van der Waals surface area contributed by atoms with E-state index in [4.69, 9.17) is 6.42 Å². The highest BCUT2D eigenvalue weighted by Gasteiger charge is 2.64. The van der Waals surface area contributed by atoms with Gasteiger partial charge in [0.1, 0.15) is 5.70 Å². The quantitative estimate of drug-likeness (QED) is 0.181. The van der Waals surface area contributed by atoms with Gasteiger partial charge < -0.3 is 15.5 Å². The van der Waals surface area contributed by atoms with Gasteiger partial charge in [0.15, 0.2) is 0 Å². The fourth-order valence-corrected chi connectivity index (χ4v) is 12.5. The second-order valence-corrected chi connectivity index (χ2v) is 16.4. The van der Waals surface area contributed by atoms with E-state index in [1.165, 1.54) is 38.5 Å². The maximum atomic E-state index is 13.4. The zero-order valence-corrected chi connectivity index (χ0v) is 27.4. The van der Waals surface area contributed by atoms with Crippen LogP contribution in [0.2, 0.25) is 0 Å². The summed E-state index contributed by atoms with van der Waals surface area (Å²) in [6.45, 7) is 6.85. The Hall–Kier alpha value is -1.53. The molecule has 2 heterocycles. The number of thioether (sulfide) groups is 1. The van der Waals surface area contributed by atoms with Crippen molar-refractivity contribution in [3.8, 4) is 12.3 Å². The SMILES string of the molecule is C#CCC(NC)NC(=O)C1=C(C)CSC2C(CCCC3CCC4C5C(O)C(O)C6CCCCC6(C)C5CCC34C)C(=O)N12. The number of fused-ring (bicyclic) bond motifs is 6. The lowest BCUT2D eigenvalue weighted by Gasteiger charge is -2.63. The second-order valence-electron chi connectivity index (χ2n) is 15.2. The fourth-order valence-electron chi connectivity index (χ4n) is 11.1. The zero-order valence-electron chi connectivity index (χ0n) is 26.6. The first-order chi connectivity index (χ1) is 20.6. The molecule has 2 amide bonds. The Balaban J connectivity index is 1.07. The topological polar surface area (TPSA) is 102 Å². The molecular formula is C35H53N3O4S. The van der Waals surface area contributed by atoms with Gasteiger partial charge in [-0.25, -0.2) is 0 Å². The molecule has 0 spiro atoms. The maximum Gasteiger partial charge on any atom is 0.269 e. The molecule has 0 aromatic heterocycles. The lowest BCUT2D eigenvalue weighted by Crippen LogP contribution is -2.63. The van der Waals surface area contributed by atoms with E-state index >= 15 is 0 Å². The van der Waals surface area contributed by atoms with E-state index in [9.17, 15) is 19.8 Å². The molecule has 238 valence electrons. The molecule has 0 radical (unpaired) electrons. The molecule has 4 aliphatic carbocycles. The summed E-state index contributed by atoms with van der Waals surface area (Å²) in [6.07, 6.45) is 16.7. The number of nitrogens with zero attached hydrogens (tertiary/aromatic N) is 1. The number of nitrogens with one attached hydrogen (secondary N) is 2. The molecule has 7 nitrogen and oxygen atoms in total. The van der Waals surface area contributed by atoms with Gasteiger partial charge >= 0.3 is 0 Å². The summed E-state index contributed by atoms with van der Waals surface area (Å²) in [5.41, 5.74) is 1.80. The van der Waals surface area contributed by atoms with Gasteiger partial charge in [-0.15, -0.1) is 24.1 Å². The van der Waals surface area contributed by atoms with Gasteiger partial charge in [0.25, 0.3) is 5.91 Å². The van der Waals surface area contributed by atoms with E-state index in [-0.39, 0.29) is 51.9 Å². The Morgan fingerprint density at radius 2 is 1.84 bits per heavy atom. The molecular weight excluding hydrogens is 558 g/mol. The Morgan fingerprint density at radius 3 is 2.58 bits per heavy atom. The lowest BCUT2D eigenvalue weighted by molar-refractivity contribution is -0.214. The van der Waals surface area contributed by atoms with Crippen molar-refractivity contribution in [2.75, 3.05) is 12.8 Å². The summed E-state index contributed by atoms with van der Waals surface area (Å²) >= 11 is 1.78. The van der Waals surface area contributed by atoms with E-state index in [0.29, 0.717) is 29.9 Å². The van der Waals surface area contributed by atoms with Crippen LogP contribution >= 0.6 is 11.8 Å². The number of rotatable bonds is 8. The summed E-state index contributed by atoms with van der Waals surface area (Å²) in [7, 11) is 1.76. The van der Waals surface area contributed by atoms with Crippen molar-refractivity contribution in [1.82, 2.24) is 15.5 Å². The molecule has 5 fully saturated rings. The van der Waals surface area contributed by atoms with Crippen LogP contribution in [0.1, 0.15) is 97.8 Å². The Kier molecular flexibility index (Phi) is 8.78. The molecule has 12 atom stereocenters. The minimum absolute atomic E-state index is 0.0306. The first-order valence-electron chi connectivity index (χ1n) is 17.0. The van der Waals surface area contributed by atoms with Crippen molar-refractivity contribution < 1.29 is 19.8 Å². The molecule has 1 saturated heterocycles. The van der Waals surface area contributed by atoms with Gasteiger partial charge in [0.2, 0.25) is 5.91 Å². The van der Waals surface area contributed by atoms with Crippen molar-refractivity contribution in [3.05, 3.63) is 11.3 Å². The molecule has 0 aromatic rings. The fraction of sp³-hybridized carbons (Fsp3) is 0.829. The normalized spacial score (nSPS) is 44.3. The number of carbonyl (C=O) groups excluding carboxylic acids is 2. The molecule has 12 unspecified atom stereocenters. The first-order valence-corrected chi connectivity index (χ1v) is 18.0. The van der Waals surface area contributed by atoms with E-state index in [2.05, 4.69) is 30.4 Å². The van der Waals surface area contributed by atoms with Gasteiger partial charge in [-0.05, 0) is 111 Å². The third-order valence-electron chi connectivity index (χ3n) is 13.4. The smallest absolute Gasteiger partial charge is 0.269 e. The number of amides is 2. The highest BCUT2D eigenvalue weighted by Crippen LogP contribution is 2.68. The standard InChI is InChI=1S/C35H53N3O4S/c1-6-10-26(36-5)37-31(41)28-20(2)19-43-33-22(32(42)38(28)33)12-9-11-21-14-15-23-27-24(16-18-34(21,23)3)35(4)17-8-7-13-25(35)29(39)30(27)40/h1,21-27,29-30,33,36,39-40H,7-19H2,2-5H3,(H,37,41). The molecule has 2 aliphatic heterocycles. The maximum absolute atomic E-state index is 13.4. The number of hydrogen-bond acceptors (Lipinski definition) is 6. The van der Waals surface area contributed by atoms with Crippen LogP contribution in [-0.2, 0) is 9.59 Å². The Labute approximate surface area is 262 Å². The zero-order chi connectivity index (χ0) is 30.7. The van der Waals surface area contributed by atoms with Crippen LogP contribution in [0.5, 0.6) is 0 Å². The monoisotopic (exact) mass is 611 g/mol. The van der Waals surface area contributed by atoms with Crippen molar-refractivity contribution in [2.45, 2.75) is 122 Å². The number of terminal acetylenes is 1. The van der Waals surface area contributed by atoms with Gasteiger partial charge in [-0.3, -0.25) is 19.8 Å². The molecule has 0 aromatic carbocycles. The Bertz CT molecular complexity index is 1180. The first kappa shape index (κ1) is 31.5. The summed E-state index contributed by atoms with van der Waals surface area (Å²) in [5.74, 6) is 5.20. The third kappa shape index (κ3) is 5.00. The lowest BCUT2D eigenvalue weighted by atomic mass is 9.43. The minimum atomic E-state index is -0.593. The summed E-state index contributed by atoms with van der Waals surface area (Å²) in [5, 5.41) is 28.9. The van der Waals surface area contributed by atoms with Gasteiger partial charge in [-0.1, -0.05) is 33.1 Å². The number of hydrogen-bond donors (Lipinski definition) is 4. The largest absolute Gasteiger partial charge is 0.390 e. The summed E-state index contributed by atoms with van der Waals surface area (Å²) in [4.78, 5) is 28.3. The van der Waals surface area contributed by atoms with Crippen LogP contribution in [0.3, 0.4) is 0 Å². The van der Waals surface area contributed by atoms with Crippen LogP contribution in [0.25, 0.3) is 0 Å². The average Bonchev–Trinajstić information content (AvgIpc) is 3.33. The molecule has 4 saturated carbocycles. The van der Waals surface area contributed by atoms with Crippen molar-refractivity contribution >= 4 is 23.6 Å². The van der Waals surface area contributed by atoms with Crippen molar-refractivity contribution in [1.29, 1.82) is 0 Å². The molecule has 6 rings (SSSR count). The highest BCUT2D eigenvalue weighted by molar-refractivity contribution is 8.00. The predicted octanol–water partition coefficient (Wildman–Crippen LogP) is 4.64. The van der Waals surface area contributed by atoms with E-state index in [1.54, 1.807) is 23.7 Å². The number of aliphatic hydroxyl groups is 2. The third-order valence-corrected chi connectivity index (χ3v) is 14.9. The van der Waals surface area contributed by atoms with E-state index in [1.807, 2.05) is 6.92 Å². The second kappa shape index (κ2) is 12.0. The molecule has 4 N–H and O–H groups in total. The van der Waals surface area contributed by atoms with Crippen LogP contribution in [0.4, 0.5) is 0 Å². The Morgan fingerprint density at radius 1 is 1.07 bits per heavy atom. The highest BCUT2D eigenvalue weighted by atomic mass is 32.2. The molecule has 8 heteroatoms. The number of β-lactam (4-membered cyclic amide) rings is 1. The van der Waals surface area contributed by atoms with Crippen molar-refractivity contribution in [2.24, 2.45) is 46.3 Å². The predicted molar refractivity (Wildman–Crippen MR) is 170 cm³/mol. The van der Waals surface area contributed by atoms with Crippen LogP contribution in [-0.4, -0.2) is 63.5 Å². The number of aliphatic hydroxyl groups excluding tert-OH is 2. The van der Waals surface area contributed by atoms with E-state index < -0.39 is 12.2 Å². The van der Waals surface area contributed by atoms with Gasteiger partial charge in [0.05, 0.1) is 29.7 Å². The van der Waals surface area contributed by atoms with Gasteiger partial charge in [-0.2, -0.15) is 0 Å². The van der Waals surface area contributed by atoms with Crippen LogP contribution in [0, 0.1) is 58.7 Å². The minimum Gasteiger partial charge on any atom is -0.390 e. The summed E-state index contributed by atoms with van der Waals surface area (Å²) in [6, 6.07) is 0.